The number of benzene rings is 1. The number of aromatic nitrogens is 3. The van der Waals surface area contributed by atoms with Crippen molar-refractivity contribution in [2.45, 2.75) is 20.8 Å². The second-order valence-corrected chi connectivity index (χ2v) is 6.87. The lowest BCUT2D eigenvalue weighted by Crippen LogP contribution is -2.12. The van der Waals surface area contributed by atoms with Gasteiger partial charge >= 0.3 is 0 Å². The van der Waals surface area contributed by atoms with Crippen molar-refractivity contribution in [3.8, 4) is 5.75 Å². The number of nitrogens with zero attached hydrogens (tertiary/aromatic N) is 3. The van der Waals surface area contributed by atoms with Crippen LogP contribution in [-0.4, -0.2) is 25.8 Å². The number of thiazole rings is 1. The van der Waals surface area contributed by atoms with Gasteiger partial charge in [-0.05, 0) is 31.9 Å². The average Bonchev–Trinajstić information content (AvgIpc) is 3.19. The van der Waals surface area contributed by atoms with Crippen molar-refractivity contribution >= 4 is 33.9 Å². The van der Waals surface area contributed by atoms with Crippen LogP contribution in [-0.2, 0) is 7.05 Å². The summed E-state index contributed by atoms with van der Waals surface area (Å²) in [5.41, 5.74) is 2.97. The topological polar surface area (TPSA) is 92.1 Å². The van der Waals surface area contributed by atoms with Crippen LogP contribution in [0.15, 0.2) is 24.5 Å². The van der Waals surface area contributed by atoms with Crippen LogP contribution in [0.1, 0.15) is 26.4 Å². The molecule has 0 atom stereocenters. The zero-order valence-electron chi connectivity index (χ0n) is 14.4. The Morgan fingerprint density at radius 1 is 1.28 bits per heavy atom. The number of phenols is 1. The highest BCUT2D eigenvalue weighted by atomic mass is 32.1. The predicted octanol–water partition coefficient (Wildman–Crippen LogP) is 3.50. The van der Waals surface area contributed by atoms with Crippen molar-refractivity contribution in [1.29, 1.82) is 0 Å². The van der Waals surface area contributed by atoms with E-state index in [0.717, 1.165) is 11.1 Å². The molecule has 8 heteroatoms. The molecular weight excluding hydrogens is 338 g/mol. The van der Waals surface area contributed by atoms with Crippen molar-refractivity contribution in [2.75, 3.05) is 10.6 Å². The Bertz CT molecular complexity index is 945. The lowest BCUT2D eigenvalue weighted by molar-refractivity contribution is 0.103. The summed E-state index contributed by atoms with van der Waals surface area (Å²) in [6.45, 7) is 5.52. The second-order valence-electron chi connectivity index (χ2n) is 5.84. The number of aromatic hydroxyl groups is 1. The number of rotatable bonds is 4. The highest BCUT2D eigenvalue weighted by Gasteiger charge is 2.16. The van der Waals surface area contributed by atoms with E-state index in [4.69, 9.17) is 0 Å². The number of carbonyl (C=O) groups is 1. The van der Waals surface area contributed by atoms with Gasteiger partial charge in [-0.25, -0.2) is 4.98 Å². The molecular formula is C17H19N5O2S. The Kier molecular flexibility index (Phi) is 4.45. The summed E-state index contributed by atoms with van der Waals surface area (Å²) in [4.78, 5) is 17.2. The molecule has 0 aliphatic rings. The minimum Gasteiger partial charge on any atom is -0.507 e. The Hall–Kier alpha value is -2.87. The van der Waals surface area contributed by atoms with E-state index >= 15 is 0 Å². The highest BCUT2D eigenvalue weighted by Crippen LogP contribution is 2.32. The molecule has 1 amide bonds. The molecule has 7 nitrogen and oxygen atoms in total. The van der Waals surface area contributed by atoms with Crippen molar-refractivity contribution in [1.82, 2.24) is 14.8 Å². The first-order valence-electron chi connectivity index (χ1n) is 7.68. The first-order chi connectivity index (χ1) is 11.8. The van der Waals surface area contributed by atoms with Crippen molar-refractivity contribution in [2.24, 2.45) is 7.05 Å². The zero-order chi connectivity index (χ0) is 18.1. The minimum atomic E-state index is -0.263. The molecule has 0 spiro atoms. The first-order valence-corrected chi connectivity index (χ1v) is 8.50. The number of aryl methyl sites for hydroxylation is 3. The molecule has 2 heterocycles. The van der Waals surface area contributed by atoms with Gasteiger partial charge in [0.25, 0.3) is 5.91 Å². The average molecular weight is 357 g/mol. The zero-order valence-corrected chi connectivity index (χ0v) is 15.2. The lowest BCUT2D eigenvalue weighted by atomic mass is 10.0. The summed E-state index contributed by atoms with van der Waals surface area (Å²) in [5.74, 6) is 0.600. The van der Waals surface area contributed by atoms with Crippen LogP contribution >= 0.6 is 11.3 Å². The van der Waals surface area contributed by atoms with Gasteiger partial charge < -0.3 is 15.7 Å². The van der Waals surface area contributed by atoms with Gasteiger partial charge in [0.05, 0.1) is 11.9 Å². The minimum absolute atomic E-state index is 0.197. The Balaban J connectivity index is 1.78. The second kappa shape index (κ2) is 6.56. The normalized spacial score (nSPS) is 10.7. The molecule has 130 valence electrons. The van der Waals surface area contributed by atoms with Crippen LogP contribution in [0, 0.1) is 20.8 Å². The molecule has 0 radical (unpaired) electrons. The number of hydrogen-bond acceptors (Lipinski definition) is 6. The van der Waals surface area contributed by atoms with Crippen molar-refractivity contribution in [3.63, 3.8) is 0 Å². The molecule has 1 aromatic carbocycles. The van der Waals surface area contributed by atoms with Gasteiger partial charge in [0, 0.05) is 24.9 Å². The standard InChI is InChI=1S/C17H19N5O2S/c1-9-7-10(2)15(23)11(3)14(9)20-16(24)12-8-18-17(25-12)19-13-5-6-22(4)21-13/h5-8,23H,1-4H3,(H,20,24)(H,18,19,21). The third-order valence-electron chi connectivity index (χ3n) is 3.85. The van der Waals surface area contributed by atoms with E-state index in [-0.39, 0.29) is 11.7 Å². The van der Waals surface area contributed by atoms with E-state index in [2.05, 4.69) is 20.7 Å². The van der Waals surface area contributed by atoms with Crippen molar-refractivity contribution in [3.05, 3.63) is 46.1 Å². The molecule has 3 N–H and O–H groups in total. The highest BCUT2D eigenvalue weighted by molar-refractivity contribution is 7.17. The summed E-state index contributed by atoms with van der Waals surface area (Å²) < 4.78 is 1.68. The van der Waals surface area contributed by atoms with E-state index in [1.54, 1.807) is 11.6 Å². The Morgan fingerprint density at radius 3 is 2.72 bits per heavy atom. The van der Waals surface area contributed by atoms with E-state index in [1.807, 2.05) is 39.2 Å². The quantitative estimate of drug-likeness (QED) is 0.665. The fourth-order valence-electron chi connectivity index (χ4n) is 2.57. The number of nitrogens with one attached hydrogen (secondary N) is 2. The van der Waals surface area contributed by atoms with Crippen LogP contribution < -0.4 is 10.6 Å². The molecule has 0 fully saturated rings. The molecule has 0 bridgehead atoms. The molecule has 0 aliphatic heterocycles. The molecule has 3 aromatic rings. The number of hydrogen-bond donors (Lipinski definition) is 3. The van der Waals surface area contributed by atoms with Crippen LogP contribution in [0.2, 0.25) is 0 Å². The van der Waals surface area contributed by atoms with Crippen LogP contribution in [0.5, 0.6) is 5.75 Å². The van der Waals surface area contributed by atoms with E-state index in [1.165, 1.54) is 17.5 Å². The summed E-state index contributed by atoms with van der Waals surface area (Å²) >= 11 is 1.24. The van der Waals surface area contributed by atoms with E-state index in [0.29, 0.717) is 27.1 Å². The van der Waals surface area contributed by atoms with E-state index < -0.39 is 0 Å². The fourth-order valence-corrected chi connectivity index (χ4v) is 3.29. The number of carbonyl (C=O) groups excluding carboxylic acids is 1. The molecule has 0 saturated heterocycles. The lowest BCUT2D eigenvalue weighted by Gasteiger charge is -2.14. The number of phenolic OH excluding ortho intramolecular Hbond substituents is 1. The molecule has 25 heavy (non-hydrogen) atoms. The van der Waals surface area contributed by atoms with Crippen LogP contribution in [0.4, 0.5) is 16.6 Å². The van der Waals surface area contributed by atoms with Gasteiger partial charge in [-0.3, -0.25) is 9.48 Å². The molecule has 0 aliphatic carbocycles. The first kappa shape index (κ1) is 17.0. The summed E-state index contributed by atoms with van der Waals surface area (Å²) in [5, 5.41) is 20.8. The third-order valence-corrected chi connectivity index (χ3v) is 4.76. The summed E-state index contributed by atoms with van der Waals surface area (Å²) in [6.07, 6.45) is 3.34. The Labute approximate surface area is 149 Å². The molecule has 0 saturated carbocycles. The van der Waals surface area contributed by atoms with Gasteiger partial charge in [0.1, 0.15) is 10.6 Å². The monoisotopic (exact) mass is 357 g/mol. The fraction of sp³-hybridized carbons (Fsp3) is 0.235. The predicted molar refractivity (Wildman–Crippen MR) is 98.9 cm³/mol. The maximum Gasteiger partial charge on any atom is 0.267 e. The number of amides is 1. The summed E-state index contributed by atoms with van der Waals surface area (Å²) in [6, 6.07) is 3.67. The Morgan fingerprint density at radius 2 is 2.04 bits per heavy atom. The maximum absolute atomic E-state index is 12.5. The number of anilines is 3. The van der Waals surface area contributed by atoms with Crippen LogP contribution in [0.25, 0.3) is 0 Å². The van der Waals surface area contributed by atoms with Gasteiger partial charge in [0.2, 0.25) is 0 Å². The summed E-state index contributed by atoms with van der Waals surface area (Å²) in [7, 11) is 1.83. The SMILES string of the molecule is Cc1cc(C)c(NC(=O)c2cnc(Nc3ccn(C)n3)s2)c(C)c1O. The largest absolute Gasteiger partial charge is 0.507 e. The third kappa shape index (κ3) is 3.48. The maximum atomic E-state index is 12.5. The van der Waals surface area contributed by atoms with Gasteiger partial charge in [-0.15, -0.1) is 0 Å². The van der Waals surface area contributed by atoms with Gasteiger partial charge in [-0.2, -0.15) is 5.10 Å². The van der Waals surface area contributed by atoms with Crippen molar-refractivity contribution < 1.29 is 9.90 Å². The van der Waals surface area contributed by atoms with Crippen LogP contribution in [0.3, 0.4) is 0 Å². The smallest absolute Gasteiger partial charge is 0.267 e. The molecule has 3 rings (SSSR count). The molecule has 2 aromatic heterocycles. The van der Waals surface area contributed by atoms with Gasteiger partial charge in [0.15, 0.2) is 10.9 Å². The van der Waals surface area contributed by atoms with Gasteiger partial charge in [-0.1, -0.05) is 17.4 Å². The molecule has 0 unspecified atom stereocenters. The van der Waals surface area contributed by atoms with E-state index in [9.17, 15) is 9.90 Å².